The number of hydrogen-bond acceptors (Lipinski definition) is 2. The Morgan fingerprint density at radius 1 is 0.308 bits per heavy atom. The van der Waals surface area contributed by atoms with E-state index < -0.39 is 0 Å². The van der Waals surface area contributed by atoms with Crippen LogP contribution in [0.25, 0.3) is 103 Å². The summed E-state index contributed by atoms with van der Waals surface area (Å²) in [5.41, 5.74) is 14.1. The molecule has 2 aromatic heterocycles. The van der Waals surface area contributed by atoms with Crippen molar-refractivity contribution < 1.29 is 0 Å². The Morgan fingerprint density at radius 2 is 0.846 bits per heavy atom. The van der Waals surface area contributed by atoms with Crippen molar-refractivity contribution in [3.63, 3.8) is 0 Å². The molecule has 11 aromatic carbocycles. The number of rotatable bonds is 7. The molecule has 0 bridgehead atoms. The van der Waals surface area contributed by atoms with Gasteiger partial charge in [0.25, 0.3) is 0 Å². The lowest BCUT2D eigenvalue weighted by atomic mass is 9.91. The molecule has 0 amide bonds. The highest BCUT2D eigenvalue weighted by Crippen LogP contribution is 2.43. The van der Waals surface area contributed by atoms with Crippen LogP contribution in [-0.2, 0) is 0 Å². The van der Waals surface area contributed by atoms with E-state index in [4.69, 9.17) is 0 Å². The van der Waals surface area contributed by atoms with Crippen LogP contribution < -0.4 is 4.90 Å². The average molecular weight is 845 g/mol. The Morgan fingerprint density at radius 3 is 1.55 bits per heavy atom. The van der Waals surface area contributed by atoms with Crippen LogP contribution in [-0.4, -0.2) is 4.57 Å². The smallest absolute Gasteiger partial charge is 0.0541 e. The Hall–Kier alpha value is -8.24. The van der Waals surface area contributed by atoms with Crippen LogP contribution in [0, 0.1) is 0 Å². The first-order valence-corrected chi connectivity index (χ1v) is 23.1. The summed E-state index contributed by atoms with van der Waals surface area (Å²) in [5.74, 6) is 0. The molecule has 0 N–H and O–H groups in total. The molecule has 0 spiro atoms. The summed E-state index contributed by atoms with van der Waals surface area (Å²) in [7, 11) is 0. The van der Waals surface area contributed by atoms with Crippen LogP contribution in [0.1, 0.15) is 0 Å². The molecule has 3 heteroatoms. The van der Waals surface area contributed by atoms with Gasteiger partial charge in [0.05, 0.1) is 16.7 Å². The first kappa shape index (κ1) is 37.3. The lowest BCUT2D eigenvalue weighted by molar-refractivity contribution is 1.20. The predicted octanol–water partition coefficient (Wildman–Crippen LogP) is 17.9. The van der Waals surface area contributed by atoms with E-state index in [0.717, 1.165) is 22.7 Å². The van der Waals surface area contributed by atoms with Gasteiger partial charge in [-0.3, -0.25) is 0 Å². The summed E-state index contributed by atoms with van der Waals surface area (Å²) in [6, 6.07) is 89.0. The van der Waals surface area contributed by atoms with Crippen LogP contribution >= 0.6 is 11.3 Å². The third-order valence-electron chi connectivity index (χ3n) is 13.2. The Balaban J connectivity index is 0.962. The van der Waals surface area contributed by atoms with Crippen molar-refractivity contribution in [1.29, 1.82) is 0 Å². The number of fused-ring (bicyclic) bond motifs is 8. The summed E-state index contributed by atoms with van der Waals surface area (Å²) in [5, 5.41) is 10.0. The molecule has 2 nitrogen and oxygen atoms in total. The average Bonchev–Trinajstić information content (AvgIpc) is 3.92. The zero-order valence-corrected chi connectivity index (χ0v) is 36.2. The van der Waals surface area contributed by atoms with Gasteiger partial charge < -0.3 is 9.47 Å². The fraction of sp³-hybridized carbons (Fsp3) is 0. The van der Waals surface area contributed by atoms with Gasteiger partial charge >= 0.3 is 0 Å². The maximum absolute atomic E-state index is 2.44. The highest BCUT2D eigenvalue weighted by molar-refractivity contribution is 7.25. The van der Waals surface area contributed by atoms with Crippen LogP contribution in [0.5, 0.6) is 0 Å². The van der Waals surface area contributed by atoms with Gasteiger partial charge in [-0.1, -0.05) is 176 Å². The van der Waals surface area contributed by atoms with E-state index in [2.05, 4.69) is 252 Å². The molecule has 2 heterocycles. The molecule has 0 aliphatic rings. The molecule has 0 radical (unpaired) electrons. The van der Waals surface area contributed by atoms with E-state index in [1.165, 1.54) is 96.9 Å². The first-order valence-electron chi connectivity index (χ1n) is 22.2. The van der Waals surface area contributed by atoms with Crippen LogP contribution in [0.3, 0.4) is 0 Å². The predicted molar refractivity (Wildman–Crippen MR) is 280 cm³/mol. The molecule has 13 rings (SSSR count). The number of hydrogen-bond donors (Lipinski definition) is 0. The van der Waals surface area contributed by atoms with Gasteiger partial charge in [0.15, 0.2) is 0 Å². The van der Waals surface area contributed by atoms with Crippen molar-refractivity contribution in [2.75, 3.05) is 4.90 Å². The maximum Gasteiger partial charge on any atom is 0.0541 e. The van der Waals surface area contributed by atoms with Crippen molar-refractivity contribution in [3.8, 4) is 39.1 Å². The molecule has 0 aliphatic heterocycles. The number of thiophene rings is 1. The lowest BCUT2D eigenvalue weighted by Gasteiger charge is -2.27. The highest BCUT2D eigenvalue weighted by Gasteiger charge is 2.19. The third-order valence-corrected chi connectivity index (χ3v) is 14.3. The minimum atomic E-state index is 1.09. The van der Waals surface area contributed by atoms with Crippen LogP contribution in [0.15, 0.2) is 243 Å². The fourth-order valence-corrected chi connectivity index (χ4v) is 11.3. The quantitative estimate of drug-likeness (QED) is 0.155. The van der Waals surface area contributed by atoms with Crippen molar-refractivity contribution >= 4 is 91.9 Å². The minimum Gasteiger partial charge on any atom is -0.310 e. The summed E-state index contributed by atoms with van der Waals surface area (Å²) >= 11 is 1.86. The number of benzene rings is 11. The second kappa shape index (κ2) is 15.2. The summed E-state index contributed by atoms with van der Waals surface area (Å²) < 4.78 is 5.07. The fourth-order valence-electron chi connectivity index (χ4n) is 10.1. The van der Waals surface area contributed by atoms with E-state index in [9.17, 15) is 0 Å². The molecule has 0 fully saturated rings. The van der Waals surface area contributed by atoms with E-state index in [1.807, 2.05) is 11.3 Å². The molecule has 0 atom stereocenters. The summed E-state index contributed by atoms with van der Waals surface area (Å²) in [4.78, 5) is 2.41. The maximum atomic E-state index is 2.44. The van der Waals surface area contributed by atoms with Crippen LogP contribution in [0.4, 0.5) is 17.1 Å². The number of para-hydroxylation sites is 2. The van der Waals surface area contributed by atoms with E-state index in [-0.39, 0.29) is 0 Å². The highest BCUT2D eigenvalue weighted by atomic mass is 32.1. The number of nitrogens with zero attached hydrogens (tertiary/aromatic N) is 2. The zero-order valence-electron chi connectivity index (χ0n) is 35.4. The molecule has 65 heavy (non-hydrogen) atoms. The van der Waals surface area contributed by atoms with Gasteiger partial charge in [0, 0.05) is 53.4 Å². The zero-order chi connectivity index (χ0) is 42.8. The van der Waals surface area contributed by atoms with Crippen LogP contribution in [0.2, 0.25) is 0 Å². The van der Waals surface area contributed by atoms with Gasteiger partial charge in [-0.05, 0) is 116 Å². The molecule has 0 saturated heterocycles. The molecular weight excluding hydrogens is 805 g/mol. The largest absolute Gasteiger partial charge is 0.310 e. The Labute approximate surface area is 381 Å². The van der Waals surface area contributed by atoms with Crippen molar-refractivity contribution in [1.82, 2.24) is 4.57 Å². The van der Waals surface area contributed by atoms with Gasteiger partial charge in [-0.2, -0.15) is 0 Å². The normalized spacial score (nSPS) is 11.7. The minimum absolute atomic E-state index is 1.09. The number of anilines is 3. The van der Waals surface area contributed by atoms with Gasteiger partial charge in [0.1, 0.15) is 0 Å². The third kappa shape index (κ3) is 6.24. The molecule has 0 saturated carbocycles. The second-order valence-electron chi connectivity index (χ2n) is 16.9. The summed E-state index contributed by atoms with van der Waals surface area (Å²) in [6.45, 7) is 0. The SMILES string of the molecule is c1ccc(-c2cccc3cccc(-c4ccc(N(c5ccc(-c6ccc7c(c6)sc6ccccc67)cc5)c5ccc6cccc(-n7c8ccccc8c8ccccc87)c6c5)cc4)c23)cc1. The van der Waals surface area contributed by atoms with Gasteiger partial charge in [-0.25, -0.2) is 0 Å². The van der Waals surface area contributed by atoms with E-state index in [0.29, 0.717) is 0 Å². The van der Waals surface area contributed by atoms with Gasteiger partial charge in [0.2, 0.25) is 0 Å². The molecule has 0 unspecified atom stereocenters. The number of aromatic nitrogens is 1. The van der Waals surface area contributed by atoms with Crippen molar-refractivity contribution in [2.45, 2.75) is 0 Å². The lowest BCUT2D eigenvalue weighted by Crippen LogP contribution is -2.10. The topological polar surface area (TPSA) is 8.17 Å². The van der Waals surface area contributed by atoms with Crippen molar-refractivity contribution in [2.24, 2.45) is 0 Å². The van der Waals surface area contributed by atoms with E-state index in [1.54, 1.807) is 0 Å². The van der Waals surface area contributed by atoms with Crippen molar-refractivity contribution in [3.05, 3.63) is 243 Å². The molecule has 13 aromatic rings. The molecular formula is C62H40N2S. The standard InChI is InChI=1S/C62H40N2S/c1-2-13-42(14-3-1)50-21-10-16-45-17-11-22-51(62(45)50)44-29-35-48(36-30-44)63(47-33-27-41(28-34-47)46-32-38-55-54-20-6-9-26-60(54)65-61(55)39-46)49-37-31-43-15-12-25-59(56(43)40-49)64-57-23-7-4-18-52(57)53-19-5-8-24-58(53)64/h1-40H. The molecule has 304 valence electrons. The molecule has 0 aliphatic carbocycles. The van der Waals surface area contributed by atoms with E-state index >= 15 is 0 Å². The Bertz CT molecular complexity index is 3880. The Kier molecular flexibility index (Phi) is 8.75. The monoisotopic (exact) mass is 844 g/mol. The van der Waals surface area contributed by atoms with Gasteiger partial charge in [-0.15, -0.1) is 11.3 Å². The second-order valence-corrected chi connectivity index (χ2v) is 17.9. The first-order chi connectivity index (χ1) is 32.2. The summed E-state index contributed by atoms with van der Waals surface area (Å²) in [6.07, 6.45) is 0.